The van der Waals surface area contributed by atoms with E-state index >= 15 is 0 Å². The fourth-order valence-electron chi connectivity index (χ4n) is 2.10. The number of nitrogens with zero attached hydrogens (tertiary/aromatic N) is 2. The minimum atomic E-state index is 0.268. The fourth-order valence-corrected chi connectivity index (χ4v) is 2.85. The van der Waals surface area contributed by atoms with Crippen LogP contribution in [-0.4, -0.2) is 14.8 Å². The average Bonchev–Trinajstić information content (AvgIpc) is 3.10. The van der Waals surface area contributed by atoms with Crippen LogP contribution in [0, 0.1) is 0 Å². The van der Waals surface area contributed by atoms with Gasteiger partial charge in [-0.05, 0) is 37.6 Å². The standard InChI is InChI=1S/C14H14ClN3OS/c1-9(4-5-10-3-2-8-19-10)16-13-11(15)6-7-12-14(13)18-20-17-12/h2-3,6-9,16H,4-5H2,1H3. The molecule has 20 heavy (non-hydrogen) atoms. The third-order valence-electron chi connectivity index (χ3n) is 3.17. The molecule has 0 amide bonds. The molecule has 0 saturated carbocycles. The molecule has 3 rings (SSSR count). The summed E-state index contributed by atoms with van der Waals surface area (Å²) in [6, 6.07) is 7.91. The van der Waals surface area contributed by atoms with Crippen molar-refractivity contribution in [1.82, 2.24) is 8.75 Å². The van der Waals surface area contributed by atoms with E-state index in [0.29, 0.717) is 5.02 Å². The number of rotatable bonds is 5. The van der Waals surface area contributed by atoms with Gasteiger partial charge < -0.3 is 9.73 Å². The van der Waals surface area contributed by atoms with Crippen LogP contribution in [0.25, 0.3) is 11.0 Å². The van der Waals surface area contributed by atoms with Gasteiger partial charge in [0, 0.05) is 12.5 Å². The summed E-state index contributed by atoms with van der Waals surface area (Å²) in [4.78, 5) is 0. The van der Waals surface area contributed by atoms with Crippen molar-refractivity contribution in [1.29, 1.82) is 0 Å². The second-order valence-corrected chi connectivity index (χ2v) is 5.65. The predicted molar refractivity (Wildman–Crippen MR) is 82.5 cm³/mol. The van der Waals surface area contributed by atoms with Crippen LogP contribution < -0.4 is 5.32 Å². The summed E-state index contributed by atoms with van der Waals surface area (Å²) in [7, 11) is 0. The molecule has 4 nitrogen and oxygen atoms in total. The Balaban J connectivity index is 1.72. The van der Waals surface area contributed by atoms with Crippen molar-refractivity contribution in [3.05, 3.63) is 41.3 Å². The van der Waals surface area contributed by atoms with E-state index in [1.165, 1.54) is 11.7 Å². The second kappa shape index (κ2) is 5.81. The van der Waals surface area contributed by atoms with Crippen LogP contribution >= 0.6 is 23.3 Å². The molecule has 0 spiro atoms. The summed E-state index contributed by atoms with van der Waals surface area (Å²) < 4.78 is 13.9. The van der Waals surface area contributed by atoms with Gasteiger partial charge in [-0.1, -0.05) is 11.6 Å². The quantitative estimate of drug-likeness (QED) is 0.760. The summed E-state index contributed by atoms with van der Waals surface area (Å²) in [5.41, 5.74) is 2.58. The van der Waals surface area contributed by atoms with Crippen LogP contribution in [0.15, 0.2) is 34.9 Å². The Bertz CT molecular complexity index is 696. The zero-order valence-corrected chi connectivity index (χ0v) is 12.5. The van der Waals surface area contributed by atoms with Gasteiger partial charge in [0.25, 0.3) is 0 Å². The molecule has 1 aromatic carbocycles. The normalized spacial score (nSPS) is 12.7. The molecule has 0 aliphatic heterocycles. The Morgan fingerprint density at radius 2 is 2.25 bits per heavy atom. The van der Waals surface area contributed by atoms with Gasteiger partial charge >= 0.3 is 0 Å². The van der Waals surface area contributed by atoms with Crippen molar-refractivity contribution in [2.75, 3.05) is 5.32 Å². The van der Waals surface area contributed by atoms with Crippen molar-refractivity contribution < 1.29 is 4.42 Å². The number of halogens is 1. The largest absolute Gasteiger partial charge is 0.469 e. The van der Waals surface area contributed by atoms with Crippen molar-refractivity contribution in [3.8, 4) is 0 Å². The van der Waals surface area contributed by atoms with Crippen molar-refractivity contribution in [2.45, 2.75) is 25.8 Å². The Morgan fingerprint density at radius 3 is 3.05 bits per heavy atom. The number of aromatic nitrogens is 2. The topological polar surface area (TPSA) is 51.0 Å². The molecule has 3 aromatic rings. The summed E-state index contributed by atoms with van der Waals surface area (Å²) in [6.07, 6.45) is 3.55. The maximum atomic E-state index is 6.26. The lowest BCUT2D eigenvalue weighted by atomic mass is 10.1. The zero-order chi connectivity index (χ0) is 13.9. The number of hydrogen-bond donors (Lipinski definition) is 1. The molecular weight excluding hydrogens is 294 g/mol. The molecule has 0 radical (unpaired) electrons. The third kappa shape index (κ3) is 2.78. The molecule has 2 aromatic heterocycles. The van der Waals surface area contributed by atoms with Gasteiger partial charge in [-0.15, -0.1) is 0 Å². The first-order valence-corrected chi connectivity index (χ1v) is 7.54. The molecule has 1 atom stereocenters. The van der Waals surface area contributed by atoms with E-state index in [4.69, 9.17) is 16.0 Å². The number of benzene rings is 1. The van der Waals surface area contributed by atoms with E-state index in [1.54, 1.807) is 6.26 Å². The first-order chi connectivity index (χ1) is 9.74. The summed E-state index contributed by atoms with van der Waals surface area (Å²) in [5.74, 6) is 0.998. The summed E-state index contributed by atoms with van der Waals surface area (Å²) in [6.45, 7) is 2.12. The Morgan fingerprint density at radius 1 is 1.35 bits per heavy atom. The number of nitrogens with one attached hydrogen (secondary N) is 1. The number of hydrogen-bond acceptors (Lipinski definition) is 5. The monoisotopic (exact) mass is 307 g/mol. The molecule has 0 aliphatic rings. The molecule has 1 N–H and O–H groups in total. The second-order valence-electron chi connectivity index (χ2n) is 4.72. The molecule has 0 fully saturated rings. The minimum Gasteiger partial charge on any atom is -0.469 e. The highest BCUT2D eigenvalue weighted by Crippen LogP contribution is 2.30. The van der Waals surface area contributed by atoms with E-state index in [-0.39, 0.29) is 6.04 Å². The summed E-state index contributed by atoms with van der Waals surface area (Å²) >= 11 is 7.46. The highest BCUT2D eigenvalue weighted by atomic mass is 35.5. The fraction of sp³-hybridized carbons (Fsp3) is 0.286. The summed E-state index contributed by atoms with van der Waals surface area (Å²) in [5, 5.41) is 4.11. The van der Waals surface area contributed by atoms with E-state index < -0.39 is 0 Å². The lowest BCUT2D eigenvalue weighted by Gasteiger charge is -2.16. The van der Waals surface area contributed by atoms with E-state index in [9.17, 15) is 0 Å². The predicted octanol–water partition coefficient (Wildman–Crippen LogP) is 4.37. The highest BCUT2D eigenvalue weighted by Gasteiger charge is 2.12. The lowest BCUT2D eigenvalue weighted by Crippen LogP contribution is -2.16. The number of fused-ring (bicyclic) bond motifs is 1. The zero-order valence-electron chi connectivity index (χ0n) is 11.0. The van der Waals surface area contributed by atoms with Gasteiger partial charge in [0.05, 0.1) is 28.7 Å². The Labute approximate surface area is 126 Å². The highest BCUT2D eigenvalue weighted by molar-refractivity contribution is 7.00. The number of anilines is 1. The van der Waals surface area contributed by atoms with Crippen LogP contribution in [0.2, 0.25) is 5.02 Å². The van der Waals surface area contributed by atoms with Crippen LogP contribution in [-0.2, 0) is 6.42 Å². The number of aryl methyl sites for hydroxylation is 1. The van der Waals surface area contributed by atoms with E-state index in [0.717, 1.165) is 35.3 Å². The van der Waals surface area contributed by atoms with Gasteiger partial charge in [-0.2, -0.15) is 8.75 Å². The molecule has 0 aliphatic carbocycles. The van der Waals surface area contributed by atoms with Crippen molar-refractivity contribution >= 4 is 40.0 Å². The molecular formula is C14H14ClN3OS. The molecule has 0 saturated heterocycles. The minimum absolute atomic E-state index is 0.268. The Kier molecular flexibility index (Phi) is 3.89. The number of furan rings is 1. The van der Waals surface area contributed by atoms with E-state index in [2.05, 4.69) is 21.0 Å². The van der Waals surface area contributed by atoms with Gasteiger partial charge in [0.2, 0.25) is 0 Å². The maximum absolute atomic E-state index is 6.26. The first kappa shape index (κ1) is 13.4. The van der Waals surface area contributed by atoms with Gasteiger partial charge in [0.1, 0.15) is 16.8 Å². The van der Waals surface area contributed by atoms with Crippen LogP contribution in [0.5, 0.6) is 0 Å². The van der Waals surface area contributed by atoms with Crippen LogP contribution in [0.4, 0.5) is 5.69 Å². The van der Waals surface area contributed by atoms with Crippen LogP contribution in [0.3, 0.4) is 0 Å². The van der Waals surface area contributed by atoms with E-state index in [1.807, 2.05) is 24.3 Å². The Hall–Kier alpha value is -1.59. The van der Waals surface area contributed by atoms with Gasteiger partial charge in [0.15, 0.2) is 0 Å². The molecule has 104 valence electrons. The van der Waals surface area contributed by atoms with Crippen molar-refractivity contribution in [3.63, 3.8) is 0 Å². The lowest BCUT2D eigenvalue weighted by molar-refractivity contribution is 0.495. The maximum Gasteiger partial charge on any atom is 0.129 e. The SMILES string of the molecule is CC(CCc1ccco1)Nc1c(Cl)ccc2nsnc12. The van der Waals surface area contributed by atoms with Crippen molar-refractivity contribution in [2.24, 2.45) is 0 Å². The molecule has 2 heterocycles. The molecule has 1 unspecified atom stereocenters. The molecule has 0 bridgehead atoms. The van der Waals surface area contributed by atoms with Gasteiger partial charge in [-0.3, -0.25) is 0 Å². The smallest absolute Gasteiger partial charge is 0.129 e. The molecule has 6 heteroatoms. The average molecular weight is 308 g/mol. The van der Waals surface area contributed by atoms with Crippen LogP contribution in [0.1, 0.15) is 19.1 Å². The van der Waals surface area contributed by atoms with Gasteiger partial charge in [-0.25, -0.2) is 0 Å². The third-order valence-corrected chi connectivity index (χ3v) is 4.03. The first-order valence-electron chi connectivity index (χ1n) is 6.44.